The van der Waals surface area contributed by atoms with Crippen LogP contribution >= 0.6 is 15.9 Å². The number of hydrogen-bond donors (Lipinski definition) is 0. The smallest absolute Gasteiger partial charge is 0.258 e. The van der Waals surface area contributed by atoms with E-state index in [1.54, 1.807) is 24.3 Å². The summed E-state index contributed by atoms with van der Waals surface area (Å²) in [5, 5.41) is 20.1. The summed E-state index contributed by atoms with van der Waals surface area (Å²) in [6.07, 6.45) is 4.48. The minimum absolute atomic E-state index is 0.0568. The molecule has 10 heteroatoms. The minimum atomic E-state index is -0.672. The molecular formula is C21H14BrF2N5O2. The number of hydrogen-bond acceptors (Lipinski definition) is 5. The van der Waals surface area contributed by atoms with Crippen molar-refractivity contribution in [2.24, 2.45) is 0 Å². The normalized spacial score (nSPS) is 10.9. The largest absolute Gasteiger partial charge is 0.282 e. The van der Waals surface area contributed by atoms with Gasteiger partial charge >= 0.3 is 0 Å². The van der Waals surface area contributed by atoms with Crippen molar-refractivity contribution in [3.63, 3.8) is 0 Å². The van der Waals surface area contributed by atoms with E-state index in [1.807, 2.05) is 0 Å². The highest BCUT2D eigenvalue weighted by Gasteiger charge is 2.23. The Labute approximate surface area is 183 Å². The molecule has 7 nitrogen and oxygen atoms in total. The summed E-state index contributed by atoms with van der Waals surface area (Å²) in [5.41, 5.74) is 1.88. The zero-order valence-corrected chi connectivity index (χ0v) is 17.5. The fraction of sp³-hybridized carbons (Fsp3) is 0.0952. The Morgan fingerprint density at radius 2 is 1.77 bits per heavy atom. The van der Waals surface area contributed by atoms with E-state index in [1.165, 1.54) is 41.6 Å². The Balaban J connectivity index is 1.82. The van der Waals surface area contributed by atoms with Gasteiger partial charge in [0.15, 0.2) is 0 Å². The lowest BCUT2D eigenvalue weighted by Gasteiger charge is -2.12. The maximum Gasteiger partial charge on any atom is 0.282 e. The Hall–Kier alpha value is -3.53. The third kappa shape index (κ3) is 4.19. The van der Waals surface area contributed by atoms with Crippen molar-refractivity contribution in [1.29, 1.82) is 0 Å². The van der Waals surface area contributed by atoms with E-state index in [9.17, 15) is 18.9 Å². The zero-order valence-electron chi connectivity index (χ0n) is 15.9. The van der Waals surface area contributed by atoms with Gasteiger partial charge in [0.2, 0.25) is 0 Å². The summed E-state index contributed by atoms with van der Waals surface area (Å²) < 4.78 is 28.3. The molecule has 4 aromatic rings. The Kier molecular flexibility index (Phi) is 5.81. The van der Waals surface area contributed by atoms with Crippen molar-refractivity contribution in [2.75, 3.05) is 0 Å². The molecule has 0 aliphatic heterocycles. The molecule has 2 aromatic heterocycles. The molecule has 0 aliphatic carbocycles. The molecule has 2 heterocycles. The van der Waals surface area contributed by atoms with Crippen LogP contribution < -0.4 is 0 Å². The van der Waals surface area contributed by atoms with Gasteiger partial charge in [-0.2, -0.15) is 15.0 Å². The quantitative estimate of drug-likeness (QED) is 0.218. The molecule has 0 aliphatic rings. The van der Waals surface area contributed by atoms with E-state index >= 15 is 0 Å². The SMILES string of the molecule is O=[N+]([O-])c1c(CBr)cc(Cc2c(F)cccc2F)cc1-c1ccc(-n2nccn2)cn1. The van der Waals surface area contributed by atoms with Gasteiger partial charge in [-0.1, -0.05) is 22.0 Å². The summed E-state index contributed by atoms with van der Waals surface area (Å²) in [4.78, 5) is 17.0. The minimum Gasteiger partial charge on any atom is -0.258 e. The summed E-state index contributed by atoms with van der Waals surface area (Å²) in [7, 11) is 0. The lowest BCUT2D eigenvalue weighted by Crippen LogP contribution is -2.03. The van der Waals surface area contributed by atoms with Crippen LogP contribution in [0.4, 0.5) is 14.5 Å². The van der Waals surface area contributed by atoms with Crippen molar-refractivity contribution in [3.8, 4) is 16.9 Å². The molecule has 0 radical (unpaired) electrons. The van der Waals surface area contributed by atoms with Gasteiger partial charge in [0, 0.05) is 22.9 Å². The molecule has 0 saturated carbocycles. The van der Waals surface area contributed by atoms with Gasteiger partial charge in [0.25, 0.3) is 5.69 Å². The van der Waals surface area contributed by atoms with Crippen LogP contribution in [0.3, 0.4) is 0 Å². The van der Waals surface area contributed by atoms with Crippen molar-refractivity contribution < 1.29 is 13.7 Å². The first-order valence-electron chi connectivity index (χ1n) is 9.10. The second-order valence-electron chi connectivity index (χ2n) is 6.64. The van der Waals surface area contributed by atoms with Crippen LogP contribution in [0.15, 0.2) is 61.1 Å². The Morgan fingerprint density at radius 1 is 1.06 bits per heavy atom. The molecule has 0 unspecified atom stereocenters. The first-order chi connectivity index (χ1) is 15.0. The van der Waals surface area contributed by atoms with Gasteiger partial charge < -0.3 is 0 Å². The first-order valence-corrected chi connectivity index (χ1v) is 10.2. The zero-order chi connectivity index (χ0) is 22.0. The van der Waals surface area contributed by atoms with Crippen LogP contribution in [-0.4, -0.2) is 24.9 Å². The molecule has 0 spiro atoms. The summed E-state index contributed by atoms with van der Waals surface area (Å²) >= 11 is 3.28. The van der Waals surface area contributed by atoms with Crippen LogP contribution in [0.1, 0.15) is 16.7 Å². The molecular weight excluding hydrogens is 472 g/mol. The molecule has 0 fully saturated rings. The van der Waals surface area contributed by atoms with Crippen molar-refractivity contribution in [2.45, 2.75) is 11.8 Å². The highest BCUT2D eigenvalue weighted by atomic mass is 79.9. The summed E-state index contributed by atoms with van der Waals surface area (Å²) in [5.74, 6) is -1.34. The third-order valence-electron chi connectivity index (χ3n) is 4.69. The number of aromatic nitrogens is 4. The highest BCUT2D eigenvalue weighted by molar-refractivity contribution is 9.08. The number of pyridine rings is 1. The molecule has 0 saturated heterocycles. The van der Waals surface area contributed by atoms with E-state index in [0.717, 1.165) is 0 Å². The number of nitro benzene ring substituents is 1. The van der Waals surface area contributed by atoms with Gasteiger partial charge in [0.05, 0.1) is 34.8 Å². The van der Waals surface area contributed by atoms with Crippen LogP contribution in [0.2, 0.25) is 0 Å². The van der Waals surface area contributed by atoms with E-state index < -0.39 is 16.6 Å². The maximum atomic E-state index is 14.1. The Morgan fingerprint density at radius 3 is 2.35 bits per heavy atom. The number of halogens is 3. The average molecular weight is 486 g/mol. The number of benzene rings is 2. The monoisotopic (exact) mass is 485 g/mol. The molecule has 0 bridgehead atoms. The fourth-order valence-corrected chi connectivity index (χ4v) is 3.72. The molecule has 0 N–H and O–H groups in total. The number of nitro groups is 1. The first kappa shape index (κ1) is 20.7. The molecule has 0 atom stereocenters. The predicted octanol–water partition coefficient (Wildman–Crippen LogP) is 5.00. The van der Waals surface area contributed by atoms with E-state index in [-0.39, 0.29) is 28.6 Å². The molecule has 31 heavy (non-hydrogen) atoms. The molecule has 0 amide bonds. The van der Waals surface area contributed by atoms with Crippen molar-refractivity contribution >= 4 is 21.6 Å². The third-order valence-corrected chi connectivity index (χ3v) is 5.30. The average Bonchev–Trinajstić information content (AvgIpc) is 3.30. The fourth-order valence-electron chi connectivity index (χ4n) is 3.29. The summed E-state index contributed by atoms with van der Waals surface area (Å²) in [6, 6.07) is 10.1. The number of nitrogens with zero attached hydrogens (tertiary/aromatic N) is 5. The van der Waals surface area contributed by atoms with Crippen LogP contribution in [0.5, 0.6) is 0 Å². The standard InChI is InChI=1S/C21H14BrF2N5O2/c22-11-14-8-13(9-16-18(23)2-1-3-19(16)24)10-17(21(14)29(30)31)20-5-4-15(12-25-20)28-26-6-7-27-28/h1-8,10,12H,9,11H2. The lowest BCUT2D eigenvalue weighted by molar-refractivity contribution is -0.384. The van der Waals surface area contributed by atoms with E-state index in [2.05, 4.69) is 31.1 Å². The van der Waals surface area contributed by atoms with Gasteiger partial charge in [-0.25, -0.2) is 8.78 Å². The highest BCUT2D eigenvalue weighted by Crippen LogP contribution is 2.35. The van der Waals surface area contributed by atoms with E-state index in [4.69, 9.17) is 0 Å². The number of alkyl halides is 1. The van der Waals surface area contributed by atoms with Crippen molar-refractivity contribution in [1.82, 2.24) is 20.0 Å². The van der Waals surface area contributed by atoms with Gasteiger partial charge in [-0.05, 0) is 42.0 Å². The topological polar surface area (TPSA) is 86.7 Å². The second-order valence-corrected chi connectivity index (χ2v) is 7.20. The summed E-state index contributed by atoms with van der Waals surface area (Å²) in [6.45, 7) is 0. The van der Waals surface area contributed by atoms with Gasteiger partial charge in [-0.3, -0.25) is 15.1 Å². The van der Waals surface area contributed by atoms with Crippen LogP contribution in [0.25, 0.3) is 16.9 Å². The Bertz CT molecular complexity index is 1230. The number of rotatable bonds is 6. The molecule has 4 rings (SSSR count). The van der Waals surface area contributed by atoms with E-state index in [0.29, 0.717) is 22.5 Å². The maximum absolute atomic E-state index is 14.1. The molecule has 156 valence electrons. The lowest BCUT2D eigenvalue weighted by atomic mass is 9.96. The molecule has 2 aromatic carbocycles. The van der Waals surface area contributed by atoms with Gasteiger partial charge in [-0.15, -0.1) is 0 Å². The van der Waals surface area contributed by atoms with Crippen LogP contribution in [-0.2, 0) is 11.8 Å². The van der Waals surface area contributed by atoms with Crippen LogP contribution in [0, 0.1) is 21.7 Å². The van der Waals surface area contributed by atoms with Gasteiger partial charge in [0.1, 0.15) is 17.3 Å². The van der Waals surface area contributed by atoms with Crippen molar-refractivity contribution in [3.05, 3.63) is 99.5 Å². The second kappa shape index (κ2) is 8.68. The predicted molar refractivity (Wildman–Crippen MR) is 113 cm³/mol.